The van der Waals surface area contributed by atoms with Gasteiger partial charge in [0.05, 0.1) is 0 Å². The van der Waals surface area contributed by atoms with Crippen molar-refractivity contribution < 1.29 is 23.2 Å². The summed E-state index contributed by atoms with van der Waals surface area (Å²) >= 11 is 0. The number of carbonyl (C=O) groups is 1. The molecule has 7 nitrogen and oxygen atoms in total. The highest BCUT2D eigenvalue weighted by Crippen LogP contribution is 2.35. The van der Waals surface area contributed by atoms with Crippen molar-refractivity contribution in [2.45, 2.75) is 18.4 Å². The van der Waals surface area contributed by atoms with Gasteiger partial charge in [-0.15, -0.1) is 0 Å². The Labute approximate surface area is 109 Å². The molecule has 8 heteroatoms. The summed E-state index contributed by atoms with van der Waals surface area (Å²) in [7, 11) is 1.55. The van der Waals surface area contributed by atoms with E-state index in [4.69, 9.17) is 29.9 Å². The number of hydrogen-bond donors (Lipinski definition) is 3. The van der Waals surface area contributed by atoms with Crippen molar-refractivity contribution >= 4 is 14.8 Å². The molecule has 0 aliphatic carbocycles. The third-order valence-corrected chi connectivity index (χ3v) is 6.47. The largest absolute Gasteiger partial charge is 0.503 e. The highest BCUT2D eigenvalue weighted by molar-refractivity contribution is 6.62. The summed E-state index contributed by atoms with van der Waals surface area (Å²) in [4.78, 5) is 10.9. The average Bonchev–Trinajstić information content (AvgIpc) is 2.37. The lowest BCUT2D eigenvalue weighted by Crippen LogP contribution is -2.52. The van der Waals surface area contributed by atoms with Gasteiger partial charge in [0, 0.05) is 33.3 Å². The number of carboxylic acid groups (broad SMARTS) is 1. The van der Waals surface area contributed by atoms with Crippen LogP contribution in [0.2, 0.25) is 5.54 Å². The van der Waals surface area contributed by atoms with Gasteiger partial charge in [0.15, 0.2) is 0 Å². The fraction of sp³-hybridized carbons (Fsp3) is 0.900. The first-order valence-electron chi connectivity index (χ1n) is 5.78. The topological polar surface area (TPSA) is 117 Å². The molecule has 0 aromatic rings. The minimum Gasteiger partial charge on any atom is -0.481 e. The van der Waals surface area contributed by atoms with Crippen LogP contribution in [0.15, 0.2) is 0 Å². The number of aliphatic carboxylic acids is 1. The van der Waals surface area contributed by atoms with Gasteiger partial charge in [-0.3, -0.25) is 4.79 Å². The van der Waals surface area contributed by atoms with Gasteiger partial charge in [0.25, 0.3) is 0 Å². The van der Waals surface area contributed by atoms with E-state index in [1.807, 2.05) is 0 Å². The summed E-state index contributed by atoms with van der Waals surface area (Å²) in [6.45, 7) is 0.618. The average molecular weight is 280 g/mol. The lowest BCUT2D eigenvalue weighted by molar-refractivity contribution is -0.138. The molecule has 18 heavy (non-hydrogen) atoms. The van der Waals surface area contributed by atoms with Crippen LogP contribution in [0.1, 0.15) is 12.8 Å². The Morgan fingerprint density at radius 2 is 1.72 bits per heavy atom. The Hall–Kier alpha value is -0.513. The summed E-state index contributed by atoms with van der Waals surface area (Å²) in [6.07, 6.45) is 0.503. The summed E-state index contributed by atoms with van der Waals surface area (Å²) in [6, 6.07) is 0. The highest BCUT2D eigenvalue weighted by Gasteiger charge is 2.50. The molecule has 0 heterocycles. The van der Waals surface area contributed by atoms with Crippen molar-refractivity contribution in [3.05, 3.63) is 0 Å². The molecule has 0 radical (unpaired) electrons. The summed E-state index contributed by atoms with van der Waals surface area (Å²) in [5, 5.41) is 8.92. The highest BCUT2D eigenvalue weighted by atomic mass is 28.4. The lowest BCUT2D eigenvalue weighted by atomic mass is 9.99. The van der Waals surface area contributed by atoms with E-state index in [0.29, 0.717) is 13.0 Å². The molecule has 0 aliphatic heterocycles. The normalized spacial score (nSPS) is 15.4. The van der Waals surface area contributed by atoms with E-state index in [2.05, 4.69) is 0 Å². The van der Waals surface area contributed by atoms with Gasteiger partial charge in [0.2, 0.25) is 0 Å². The van der Waals surface area contributed by atoms with Crippen molar-refractivity contribution in [1.82, 2.24) is 0 Å². The Morgan fingerprint density at radius 1 is 1.22 bits per heavy atom. The van der Waals surface area contributed by atoms with E-state index in [0.717, 1.165) is 0 Å². The quantitative estimate of drug-likeness (QED) is 0.467. The second-order valence-electron chi connectivity index (χ2n) is 3.99. The maximum Gasteiger partial charge on any atom is 0.503 e. The smallest absolute Gasteiger partial charge is 0.481 e. The van der Waals surface area contributed by atoms with Crippen molar-refractivity contribution in [2.75, 3.05) is 34.4 Å². The van der Waals surface area contributed by atoms with E-state index >= 15 is 0 Å². The van der Waals surface area contributed by atoms with Crippen LogP contribution in [0, 0.1) is 5.92 Å². The molecule has 0 bridgehead atoms. The zero-order valence-electron chi connectivity index (χ0n) is 11.2. The molecule has 5 N–H and O–H groups in total. The second kappa shape index (κ2) is 8.56. The molecule has 2 atom stereocenters. The Bertz CT molecular complexity index is 242. The first-order chi connectivity index (χ1) is 8.51. The Balaban J connectivity index is 5.15. The van der Waals surface area contributed by atoms with Crippen molar-refractivity contribution in [3.63, 3.8) is 0 Å². The van der Waals surface area contributed by atoms with Crippen molar-refractivity contribution in [1.29, 1.82) is 0 Å². The summed E-state index contributed by atoms with van der Waals surface area (Å²) in [5.41, 5.74) is 11.0. The molecule has 2 unspecified atom stereocenters. The van der Waals surface area contributed by atoms with E-state index in [-0.39, 0.29) is 24.4 Å². The van der Waals surface area contributed by atoms with Crippen LogP contribution >= 0.6 is 0 Å². The fourth-order valence-electron chi connectivity index (χ4n) is 2.20. The number of nitrogens with two attached hydrogens (primary N) is 2. The molecule has 0 fully saturated rings. The second-order valence-corrected chi connectivity index (χ2v) is 7.17. The molecule has 0 aliphatic rings. The molecule has 0 rings (SSSR count). The van der Waals surface area contributed by atoms with Crippen molar-refractivity contribution in [3.8, 4) is 0 Å². The van der Waals surface area contributed by atoms with Gasteiger partial charge in [0.1, 0.15) is 0 Å². The maximum atomic E-state index is 10.9. The third-order valence-electron chi connectivity index (χ3n) is 3.09. The summed E-state index contributed by atoms with van der Waals surface area (Å²) in [5.74, 6) is -1.18. The van der Waals surface area contributed by atoms with Crippen LogP contribution in [-0.2, 0) is 18.1 Å². The van der Waals surface area contributed by atoms with E-state index < -0.39 is 14.8 Å². The van der Waals surface area contributed by atoms with Crippen LogP contribution in [0.4, 0.5) is 0 Å². The predicted octanol–water partition coefficient (Wildman–Crippen LogP) is -0.367. The fourth-order valence-corrected chi connectivity index (χ4v) is 4.96. The van der Waals surface area contributed by atoms with E-state index in [1.54, 1.807) is 0 Å². The summed E-state index contributed by atoms with van der Waals surface area (Å²) < 4.78 is 16.2. The molecule has 0 spiro atoms. The van der Waals surface area contributed by atoms with Crippen LogP contribution < -0.4 is 11.5 Å². The monoisotopic (exact) mass is 280 g/mol. The van der Waals surface area contributed by atoms with Crippen LogP contribution in [0.25, 0.3) is 0 Å². The third kappa shape index (κ3) is 4.30. The zero-order valence-corrected chi connectivity index (χ0v) is 12.2. The molecule has 0 aromatic carbocycles. The molecular formula is C10H24N2O5Si. The zero-order chi connectivity index (χ0) is 14.2. The molecule has 0 aromatic heterocycles. The van der Waals surface area contributed by atoms with Crippen LogP contribution in [0.3, 0.4) is 0 Å². The van der Waals surface area contributed by atoms with Crippen LogP contribution in [0.5, 0.6) is 0 Å². The van der Waals surface area contributed by atoms with Gasteiger partial charge in [-0.1, -0.05) is 0 Å². The number of rotatable bonds is 10. The molecule has 0 saturated carbocycles. The van der Waals surface area contributed by atoms with Gasteiger partial charge in [-0.25, -0.2) is 0 Å². The van der Waals surface area contributed by atoms with Gasteiger partial charge >= 0.3 is 14.8 Å². The SMILES string of the molecule is CO[Si](OC)(OC)C(CCN)C(CN)CC(=O)O. The lowest BCUT2D eigenvalue weighted by Gasteiger charge is -2.36. The molecule has 0 amide bonds. The Morgan fingerprint density at radius 3 is 2.00 bits per heavy atom. The molecular weight excluding hydrogens is 256 g/mol. The standard InChI is InChI=1S/C10H24N2O5Si/c1-15-18(16-2,17-3)9(4-5-11)8(7-12)6-10(13)14/h8-9H,4-7,11-12H2,1-3H3,(H,13,14). The van der Waals surface area contributed by atoms with E-state index in [1.165, 1.54) is 21.3 Å². The van der Waals surface area contributed by atoms with Crippen molar-refractivity contribution in [2.24, 2.45) is 17.4 Å². The molecule has 108 valence electrons. The first-order valence-corrected chi connectivity index (χ1v) is 7.58. The minimum absolute atomic E-state index is 0.0496. The maximum absolute atomic E-state index is 10.9. The Kier molecular flexibility index (Phi) is 8.32. The minimum atomic E-state index is -2.94. The molecule has 0 saturated heterocycles. The van der Waals surface area contributed by atoms with Gasteiger partial charge in [-0.2, -0.15) is 0 Å². The van der Waals surface area contributed by atoms with E-state index in [9.17, 15) is 4.79 Å². The van der Waals surface area contributed by atoms with Gasteiger partial charge in [-0.05, 0) is 25.4 Å². The number of hydrogen-bond acceptors (Lipinski definition) is 6. The first kappa shape index (κ1) is 17.5. The van der Waals surface area contributed by atoms with Crippen LogP contribution in [-0.4, -0.2) is 54.3 Å². The van der Waals surface area contributed by atoms with Gasteiger partial charge < -0.3 is 29.9 Å². The predicted molar refractivity (Wildman–Crippen MR) is 69.0 cm³/mol. The number of carboxylic acids is 1.